The lowest BCUT2D eigenvalue weighted by atomic mass is 9.82. The molecule has 0 fully saturated rings. The van der Waals surface area contributed by atoms with Gasteiger partial charge in [0.15, 0.2) is 0 Å². The number of benzene rings is 2. The fourth-order valence-corrected chi connectivity index (χ4v) is 4.01. The summed E-state index contributed by atoms with van der Waals surface area (Å²) in [4.78, 5) is 3.87. The van der Waals surface area contributed by atoms with Crippen LogP contribution in [0.1, 0.15) is 24.0 Å². The monoisotopic (exact) mass is 400 g/mol. The van der Waals surface area contributed by atoms with Gasteiger partial charge in [-0.3, -0.25) is 0 Å². The topological polar surface area (TPSA) is 83.2 Å². The smallest absolute Gasteiger partial charge is 0.137 e. The van der Waals surface area contributed by atoms with Gasteiger partial charge in [-0.2, -0.15) is 5.10 Å². The Kier molecular flexibility index (Phi) is 5.06. The molecule has 2 aromatic carbocycles. The third kappa shape index (κ3) is 3.86. The number of halogens is 2. The first-order valence-corrected chi connectivity index (χ1v) is 9.40. The molecule has 2 unspecified atom stereocenters. The second-order valence-electron chi connectivity index (χ2n) is 7.65. The summed E-state index contributed by atoms with van der Waals surface area (Å²) in [5, 5.41) is 28.9. The summed E-state index contributed by atoms with van der Waals surface area (Å²) in [5.41, 5.74) is -0.331. The minimum absolute atomic E-state index is 0.0157. The maximum absolute atomic E-state index is 14.6. The fourth-order valence-electron chi connectivity index (χ4n) is 4.01. The molecule has 1 aliphatic heterocycles. The Morgan fingerprint density at radius 3 is 2.72 bits per heavy atom. The molecule has 0 aliphatic carbocycles. The standard InChI is InChI=1S/C21H22F2N4O2/c22-16-5-6-17(18(23)9-16)21(29,11-27-14-24-13-25-27)8-7-20(12-28)10-15-3-1-2-4-19(15)26-20/h1-6,9,13-14,26,28-29H,7-8,10-12H2. The second-order valence-corrected chi connectivity index (χ2v) is 7.65. The molecule has 3 aromatic rings. The Balaban J connectivity index is 1.62. The summed E-state index contributed by atoms with van der Waals surface area (Å²) in [7, 11) is 0. The van der Waals surface area contributed by atoms with Crippen LogP contribution in [0.3, 0.4) is 0 Å². The van der Waals surface area contributed by atoms with Crippen LogP contribution in [0.4, 0.5) is 14.5 Å². The number of hydrogen-bond acceptors (Lipinski definition) is 5. The molecule has 0 radical (unpaired) electrons. The van der Waals surface area contributed by atoms with Crippen LogP contribution >= 0.6 is 0 Å². The molecule has 0 saturated carbocycles. The van der Waals surface area contributed by atoms with Crippen molar-refractivity contribution in [3.8, 4) is 0 Å². The molecule has 0 saturated heterocycles. The molecule has 3 N–H and O–H groups in total. The van der Waals surface area contributed by atoms with Crippen LogP contribution in [-0.2, 0) is 18.6 Å². The van der Waals surface area contributed by atoms with Gasteiger partial charge in [0.1, 0.15) is 29.9 Å². The Morgan fingerprint density at radius 1 is 1.21 bits per heavy atom. The first-order valence-electron chi connectivity index (χ1n) is 9.40. The highest BCUT2D eigenvalue weighted by atomic mass is 19.1. The van der Waals surface area contributed by atoms with Gasteiger partial charge >= 0.3 is 0 Å². The quantitative estimate of drug-likeness (QED) is 0.568. The number of aliphatic hydroxyl groups is 2. The van der Waals surface area contributed by atoms with Crippen molar-refractivity contribution in [2.24, 2.45) is 0 Å². The lowest BCUT2D eigenvalue weighted by molar-refractivity contribution is -0.00559. The van der Waals surface area contributed by atoms with E-state index in [1.165, 1.54) is 23.4 Å². The second kappa shape index (κ2) is 7.53. The summed E-state index contributed by atoms with van der Waals surface area (Å²) in [6.07, 6.45) is 3.83. The van der Waals surface area contributed by atoms with Crippen LogP contribution in [0.15, 0.2) is 55.1 Å². The Morgan fingerprint density at radius 2 is 2.03 bits per heavy atom. The fraction of sp³-hybridized carbons (Fsp3) is 0.333. The van der Waals surface area contributed by atoms with Crippen molar-refractivity contribution in [3.05, 3.63) is 77.9 Å². The van der Waals surface area contributed by atoms with Crippen molar-refractivity contribution in [2.45, 2.75) is 36.9 Å². The number of anilines is 1. The van der Waals surface area contributed by atoms with Crippen LogP contribution in [0, 0.1) is 11.6 Å². The van der Waals surface area contributed by atoms with Crippen LogP contribution in [0.2, 0.25) is 0 Å². The first kappa shape index (κ1) is 19.5. The van der Waals surface area contributed by atoms with E-state index in [1.54, 1.807) is 0 Å². The average Bonchev–Trinajstić information content (AvgIpc) is 3.33. The minimum atomic E-state index is -1.66. The van der Waals surface area contributed by atoms with Crippen molar-refractivity contribution < 1.29 is 19.0 Å². The summed E-state index contributed by atoms with van der Waals surface area (Å²) >= 11 is 0. The molecule has 2 atom stereocenters. The molecular formula is C21H22F2N4O2. The summed E-state index contributed by atoms with van der Waals surface area (Å²) < 4.78 is 29.4. The molecule has 6 nitrogen and oxygen atoms in total. The Labute approximate surface area is 166 Å². The largest absolute Gasteiger partial charge is 0.394 e. The number of hydrogen-bond donors (Lipinski definition) is 3. The number of nitrogens with one attached hydrogen (secondary N) is 1. The van der Waals surface area contributed by atoms with Crippen molar-refractivity contribution in [1.82, 2.24) is 14.8 Å². The Bertz CT molecular complexity index is 971. The van der Waals surface area contributed by atoms with E-state index >= 15 is 0 Å². The number of aromatic nitrogens is 3. The third-order valence-electron chi connectivity index (χ3n) is 5.59. The van der Waals surface area contributed by atoms with Gasteiger partial charge in [0.2, 0.25) is 0 Å². The van der Waals surface area contributed by atoms with Gasteiger partial charge in [-0.15, -0.1) is 0 Å². The number of fused-ring (bicyclic) bond motifs is 1. The molecule has 2 heterocycles. The highest BCUT2D eigenvalue weighted by Crippen LogP contribution is 2.39. The number of nitrogens with zero attached hydrogens (tertiary/aromatic N) is 3. The van der Waals surface area contributed by atoms with E-state index in [0.29, 0.717) is 12.8 Å². The van der Waals surface area contributed by atoms with Gasteiger partial charge in [-0.05, 0) is 37.0 Å². The number of para-hydroxylation sites is 1. The zero-order chi connectivity index (χ0) is 20.5. The lowest BCUT2D eigenvalue weighted by Crippen LogP contribution is -2.43. The van der Waals surface area contributed by atoms with Crippen LogP contribution < -0.4 is 5.32 Å². The lowest BCUT2D eigenvalue weighted by Gasteiger charge is -2.34. The molecule has 0 bridgehead atoms. The van der Waals surface area contributed by atoms with Gasteiger partial charge in [-0.1, -0.05) is 24.3 Å². The highest BCUT2D eigenvalue weighted by Gasteiger charge is 2.41. The van der Waals surface area contributed by atoms with E-state index in [2.05, 4.69) is 15.4 Å². The molecule has 152 valence electrons. The van der Waals surface area contributed by atoms with Gasteiger partial charge in [0.25, 0.3) is 0 Å². The van der Waals surface area contributed by atoms with E-state index in [0.717, 1.165) is 23.4 Å². The third-order valence-corrected chi connectivity index (χ3v) is 5.59. The molecule has 29 heavy (non-hydrogen) atoms. The van der Waals surface area contributed by atoms with Crippen molar-refractivity contribution in [3.63, 3.8) is 0 Å². The van der Waals surface area contributed by atoms with Crippen LogP contribution in [0.5, 0.6) is 0 Å². The van der Waals surface area contributed by atoms with Gasteiger partial charge in [0.05, 0.1) is 18.7 Å². The maximum atomic E-state index is 14.6. The van der Waals surface area contributed by atoms with Crippen molar-refractivity contribution in [2.75, 3.05) is 11.9 Å². The first-order chi connectivity index (χ1) is 13.9. The number of aliphatic hydroxyl groups excluding tert-OH is 1. The van der Waals surface area contributed by atoms with E-state index < -0.39 is 22.8 Å². The highest BCUT2D eigenvalue weighted by molar-refractivity contribution is 5.59. The molecule has 0 amide bonds. The molecular weight excluding hydrogens is 378 g/mol. The number of rotatable bonds is 7. The van der Waals surface area contributed by atoms with Gasteiger partial charge in [0, 0.05) is 17.3 Å². The van der Waals surface area contributed by atoms with E-state index in [4.69, 9.17) is 0 Å². The zero-order valence-electron chi connectivity index (χ0n) is 15.7. The normalized spacial score (nSPS) is 20.1. The van der Waals surface area contributed by atoms with E-state index in [-0.39, 0.29) is 25.1 Å². The van der Waals surface area contributed by atoms with Crippen molar-refractivity contribution >= 4 is 5.69 Å². The summed E-state index contributed by atoms with van der Waals surface area (Å²) in [5.74, 6) is -1.54. The SMILES string of the molecule is OCC1(CCC(O)(Cn2cncn2)c2ccc(F)cc2F)Cc2ccccc2N1. The maximum Gasteiger partial charge on any atom is 0.137 e. The molecule has 1 aliphatic rings. The molecule has 0 spiro atoms. The van der Waals surface area contributed by atoms with E-state index in [9.17, 15) is 19.0 Å². The van der Waals surface area contributed by atoms with Crippen LogP contribution in [0.25, 0.3) is 0 Å². The molecule has 8 heteroatoms. The molecule has 1 aromatic heterocycles. The summed E-state index contributed by atoms with van der Waals surface area (Å²) in [6.45, 7) is -0.197. The minimum Gasteiger partial charge on any atom is -0.394 e. The predicted molar refractivity (Wildman–Crippen MR) is 103 cm³/mol. The summed E-state index contributed by atoms with van der Waals surface area (Å²) in [6, 6.07) is 10.9. The van der Waals surface area contributed by atoms with Gasteiger partial charge in [-0.25, -0.2) is 18.4 Å². The predicted octanol–water partition coefficient (Wildman–Crippen LogP) is 2.62. The van der Waals surface area contributed by atoms with E-state index in [1.807, 2.05) is 24.3 Å². The average molecular weight is 400 g/mol. The Hall–Kier alpha value is -2.84. The van der Waals surface area contributed by atoms with Crippen molar-refractivity contribution in [1.29, 1.82) is 0 Å². The molecule has 4 rings (SSSR count). The van der Waals surface area contributed by atoms with Gasteiger partial charge < -0.3 is 15.5 Å². The van der Waals surface area contributed by atoms with Crippen LogP contribution in [-0.4, -0.2) is 37.1 Å². The zero-order valence-corrected chi connectivity index (χ0v) is 15.7.